The van der Waals surface area contributed by atoms with Crippen LogP contribution in [-0.4, -0.2) is 10.2 Å². The molecule has 0 saturated carbocycles. The Morgan fingerprint density at radius 1 is 1.62 bits per heavy atom. The number of hydrazine groups is 1. The highest BCUT2D eigenvalue weighted by atomic mass is 32.1. The Labute approximate surface area is 58.2 Å². The second-order valence-electron chi connectivity index (χ2n) is 1.11. The van der Waals surface area contributed by atoms with Crippen LogP contribution in [0.1, 0.15) is 6.92 Å². The molecule has 0 aromatic rings. The molecule has 0 saturated heterocycles. The van der Waals surface area contributed by atoms with E-state index >= 15 is 0 Å². The molecule has 8 heavy (non-hydrogen) atoms. The number of carbonyl (C=O) groups is 1. The number of thiocarbonyl (C=S) groups is 1. The molecule has 3 nitrogen and oxygen atoms in total. The molecule has 2 N–H and O–H groups in total. The van der Waals surface area contributed by atoms with Crippen LogP contribution in [0.25, 0.3) is 0 Å². The van der Waals surface area contributed by atoms with Crippen molar-refractivity contribution in [2.75, 3.05) is 0 Å². The summed E-state index contributed by atoms with van der Waals surface area (Å²) in [7, 11) is 0. The first-order valence-electron chi connectivity index (χ1n) is 1.88. The topological polar surface area (TPSA) is 41.1 Å². The van der Waals surface area contributed by atoms with E-state index < -0.39 is 0 Å². The van der Waals surface area contributed by atoms with Crippen molar-refractivity contribution < 1.29 is 4.79 Å². The van der Waals surface area contributed by atoms with Crippen LogP contribution in [0.5, 0.6) is 0 Å². The van der Waals surface area contributed by atoms with Crippen molar-refractivity contribution in [3.63, 3.8) is 0 Å². The first kappa shape index (κ1) is 7.71. The third-order valence-corrected chi connectivity index (χ3v) is 0.559. The zero-order valence-corrected chi connectivity index (χ0v) is 5.97. The highest BCUT2D eigenvalue weighted by molar-refractivity contribution is 8.11. The van der Waals surface area contributed by atoms with Gasteiger partial charge in [-0.3, -0.25) is 15.6 Å². The normalized spacial score (nSPS) is 7.75. The van der Waals surface area contributed by atoms with E-state index in [1.807, 2.05) is 0 Å². The van der Waals surface area contributed by atoms with Gasteiger partial charge in [0, 0.05) is 6.92 Å². The summed E-state index contributed by atoms with van der Waals surface area (Å²) in [5, 5.41) is 0. The van der Waals surface area contributed by atoms with Crippen LogP contribution < -0.4 is 10.9 Å². The Morgan fingerprint density at radius 3 is 2.25 bits per heavy atom. The van der Waals surface area contributed by atoms with Crippen molar-refractivity contribution in [1.29, 1.82) is 0 Å². The largest absolute Gasteiger partial charge is 0.283 e. The molecule has 0 fully saturated rings. The van der Waals surface area contributed by atoms with Crippen LogP contribution >= 0.6 is 24.8 Å². The number of hydrogen-bond donors (Lipinski definition) is 3. The predicted octanol–water partition coefficient (Wildman–Crippen LogP) is -0.158. The lowest BCUT2D eigenvalue weighted by Crippen LogP contribution is -2.37. The fourth-order valence-corrected chi connectivity index (χ4v) is 0.248. The van der Waals surface area contributed by atoms with Crippen LogP contribution in [0.3, 0.4) is 0 Å². The molecule has 0 heterocycles. The zero-order chi connectivity index (χ0) is 6.57. The minimum atomic E-state index is -0.193. The number of thiol groups is 1. The lowest BCUT2D eigenvalue weighted by Gasteiger charge is -1.99. The van der Waals surface area contributed by atoms with Gasteiger partial charge in [0.05, 0.1) is 0 Å². The van der Waals surface area contributed by atoms with Gasteiger partial charge in [-0.05, 0) is 0 Å². The second-order valence-corrected chi connectivity index (χ2v) is 2.27. The van der Waals surface area contributed by atoms with Crippen molar-refractivity contribution in [2.45, 2.75) is 6.92 Å². The molecule has 0 aliphatic carbocycles. The van der Waals surface area contributed by atoms with Gasteiger partial charge >= 0.3 is 0 Å². The quantitative estimate of drug-likeness (QED) is 0.255. The van der Waals surface area contributed by atoms with E-state index in [4.69, 9.17) is 0 Å². The van der Waals surface area contributed by atoms with Crippen molar-refractivity contribution in [3.8, 4) is 0 Å². The van der Waals surface area contributed by atoms with E-state index in [-0.39, 0.29) is 10.2 Å². The van der Waals surface area contributed by atoms with E-state index in [0.29, 0.717) is 0 Å². The van der Waals surface area contributed by atoms with Gasteiger partial charge in [-0.15, -0.1) is 12.6 Å². The van der Waals surface area contributed by atoms with Gasteiger partial charge in [-0.2, -0.15) is 0 Å². The van der Waals surface area contributed by atoms with Crippen molar-refractivity contribution in [3.05, 3.63) is 0 Å². The second kappa shape index (κ2) is 3.68. The maximum absolute atomic E-state index is 10.1. The molecule has 0 aliphatic rings. The van der Waals surface area contributed by atoms with Gasteiger partial charge in [0.2, 0.25) is 5.91 Å². The molecular formula is C3H6N2OS2. The standard InChI is InChI=1S/C3H6N2OS2/c1-2(6)4-5-3(7)8/h1H3,(H,4,6)(H2,5,7,8). The molecule has 0 aromatic carbocycles. The monoisotopic (exact) mass is 150 g/mol. The summed E-state index contributed by atoms with van der Waals surface area (Å²) >= 11 is 8.13. The van der Waals surface area contributed by atoms with Crippen molar-refractivity contribution in [1.82, 2.24) is 10.9 Å². The first-order valence-corrected chi connectivity index (χ1v) is 2.74. The fourth-order valence-electron chi connectivity index (χ4n) is 0.141. The van der Waals surface area contributed by atoms with E-state index in [2.05, 4.69) is 35.7 Å². The van der Waals surface area contributed by atoms with E-state index in [0.717, 1.165) is 0 Å². The molecule has 0 radical (unpaired) electrons. The molecular weight excluding hydrogens is 144 g/mol. The van der Waals surface area contributed by atoms with Gasteiger partial charge in [-0.1, -0.05) is 12.2 Å². The average Bonchev–Trinajstić information content (AvgIpc) is 1.61. The summed E-state index contributed by atoms with van der Waals surface area (Å²) in [6.07, 6.45) is 0. The van der Waals surface area contributed by atoms with Crippen LogP contribution in [0.15, 0.2) is 0 Å². The summed E-state index contributed by atoms with van der Waals surface area (Å²) in [4.78, 5) is 10.1. The molecule has 0 atom stereocenters. The Kier molecular flexibility index (Phi) is 3.55. The number of rotatable bonds is 0. The number of amides is 1. The van der Waals surface area contributed by atoms with Crippen molar-refractivity contribution >= 4 is 35.1 Å². The Hall–Kier alpha value is -0.290. The van der Waals surface area contributed by atoms with E-state index in [9.17, 15) is 4.79 Å². The maximum Gasteiger partial charge on any atom is 0.235 e. The highest BCUT2D eigenvalue weighted by Gasteiger charge is 1.86. The zero-order valence-electron chi connectivity index (χ0n) is 4.26. The first-order chi connectivity index (χ1) is 3.63. The molecule has 1 amide bonds. The lowest BCUT2D eigenvalue weighted by molar-refractivity contribution is -0.119. The van der Waals surface area contributed by atoms with Crippen LogP contribution in [0.4, 0.5) is 0 Å². The summed E-state index contributed by atoms with van der Waals surface area (Å²) in [6, 6.07) is 0. The number of carbonyl (C=O) groups excluding carboxylic acids is 1. The number of hydrogen-bond acceptors (Lipinski definition) is 2. The molecule has 0 spiro atoms. The minimum absolute atomic E-state index is 0.193. The molecule has 0 aliphatic heterocycles. The SMILES string of the molecule is CC(=O)NNC(=S)S. The van der Waals surface area contributed by atoms with Gasteiger partial charge in [0.25, 0.3) is 0 Å². The predicted molar refractivity (Wildman–Crippen MR) is 38.5 cm³/mol. The van der Waals surface area contributed by atoms with Crippen LogP contribution in [0.2, 0.25) is 0 Å². The summed E-state index contributed by atoms with van der Waals surface area (Å²) in [5.41, 5.74) is 4.58. The highest BCUT2D eigenvalue weighted by Crippen LogP contribution is 1.71. The van der Waals surface area contributed by atoms with E-state index in [1.54, 1.807) is 0 Å². The molecule has 5 heteroatoms. The van der Waals surface area contributed by atoms with Gasteiger partial charge in [0.1, 0.15) is 4.32 Å². The van der Waals surface area contributed by atoms with Gasteiger partial charge in [-0.25, -0.2) is 0 Å². The third-order valence-electron chi connectivity index (χ3n) is 0.345. The minimum Gasteiger partial charge on any atom is -0.283 e. The third kappa shape index (κ3) is 5.71. The number of nitrogens with one attached hydrogen (secondary N) is 2. The lowest BCUT2D eigenvalue weighted by atomic mass is 10.8. The summed E-state index contributed by atoms with van der Waals surface area (Å²) in [5.74, 6) is -0.193. The average molecular weight is 150 g/mol. The Balaban J connectivity index is 3.18. The Morgan fingerprint density at radius 2 is 2.12 bits per heavy atom. The van der Waals surface area contributed by atoms with Crippen LogP contribution in [0, 0.1) is 0 Å². The van der Waals surface area contributed by atoms with Gasteiger partial charge < -0.3 is 0 Å². The Bertz CT molecular complexity index is 99.9. The van der Waals surface area contributed by atoms with Crippen molar-refractivity contribution in [2.24, 2.45) is 0 Å². The van der Waals surface area contributed by atoms with Gasteiger partial charge in [0.15, 0.2) is 0 Å². The summed E-state index contributed by atoms with van der Waals surface area (Å²) in [6.45, 7) is 1.37. The maximum atomic E-state index is 10.1. The molecule has 46 valence electrons. The molecule has 0 unspecified atom stereocenters. The van der Waals surface area contributed by atoms with E-state index in [1.165, 1.54) is 6.92 Å². The summed E-state index contributed by atoms with van der Waals surface area (Å²) < 4.78 is 0.250. The smallest absolute Gasteiger partial charge is 0.235 e. The fraction of sp³-hybridized carbons (Fsp3) is 0.333. The molecule has 0 aromatic heterocycles. The molecule has 0 rings (SSSR count). The molecule has 0 bridgehead atoms. The van der Waals surface area contributed by atoms with Crippen LogP contribution in [-0.2, 0) is 4.79 Å².